The maximum atomic E-state index is 12.1. The fourth-order valence-electron chi connectivity index (χ4n) is 2.31. The number of urea groups is 1. The first-order valence-electron chi connectivity index (χ1n) is 7.52. The zero-order chi connectivity index (χ0) is 15.8. The molecule has 2 amide bonds. The summed E-state index contributed by atoms with van der Waals surface area (Å²) in [7, 11) is 0. The number of rotatable bonds is 7. The number of hydrogen-bond donors (Lipinski definition) is 3. The Morgan fingerprint density at radius 1 is 1.33 bits per heavy atom. The third-order valence-corrected chi connectivity index (χ3v) is 3.84. The van der Waals surface area contributed by atoms with Gasteiger partial charge in [0.15, 0.2) is 0 Å². The molecule has 1 aromatic rings. The van der Waals surface area contributed by atoms with Gasteiger partial charge >= 0.3 is 6.03 Å². The van der Waals surface area contributed by atoms with Gasteiger partial charge in [-0.05, 0) is 49.8 Å². The summed E-state index contributed by atoms with van der Waals surface area (Å²) in [6, 6.07) is 3.62. The van der Waals surface area contributed by atoms with E-state index in [0.717, 1.165) is 36.1 Å². The van der Waals surface area contributed by atoms with Gasteiger partial charge in [-0.25, -0.2) is 4.79 Å². The molecule has 0 heterocycles. The average Bonchev–Trinajstić information content (AvgIpc) is 2.45. The zero-order valence-electron chi connectivity index (χ0n) is 13.0. The van der Waals surface area contributed by atoms with Gasteiger partial charge in [0.25, 0.3) is 0 Å². The molecule has 0 fully saturated rings. The number of carbonyl (C=O) groups is 1. The predicted octanol–water partition coefficient (Wildman–Crippen LogP) is 3.75. The number of aliphatic hydroxyl groups excluding tert-OH is 1. The Hall–Kier alpha value is -1.26. The number of halogens is 1. The summed E-state index contributed by atoms with van der Waals surface area (Å²) < 4.78 is 0. The van der Waals surface area contributed by atoms with Crippen molar-refractivity contribution in [3.05, 3.63) is 28.3 Å². The van der Waals surface area contributed by atoms with Crippen LogP contribution < -0.4 is 10.6 Å². The Balaban J connectivity index is 2.81. The van der Waals surface area contributed by atoms with Gasteiger partial charge in [-0.3, -0.25) is 0 Å². The first kappa shape index (κ1) is 17.8. The molecular weight excluding hydrogens is 288 g/mol. The van der Waals surface area contributed by atoms with E-state index in [2.05, 4.69) is 17.6 Å². The number of hydrogen-bond acceptors (Lipinski definition) is 2. The van der Waals surface area contributed by atoms with Crippen molar-refractivity contribution >= 4 is 23.3 Å². The number of aryl methyl sites for hydroxylation is 1. The second kappa shape index (κ2) is 8.90. The lowest BCUT2D eigenvalue weighted by Crippen LogP contribution is -2.36. The molecule has 0 spiro atoms. The Morgan fingerprint density at radius 2 is 2.05 bits per heavy atom. The Bertz CT molecular complexity index is 478. The van der Waals surface area contributed by atoms with Crippen LogP contribution in [0.2, 0.25) is 5.02 Å². The third kappa shape index (κ3) is 5.21. The molecule has 1 aromatic carbocycles. The molecule has 118 valence electrons. The molecule has 0 aliphatic carbocycles. The van der Waals surface area contributed by atoms with Crippen LogP contribution in [-0.4, -0.2) is 23.8 Å². The smallest absolute Gasteiger partial charge is 0.319 e. The first-order chi connectivity index (χ1) is 10.0. The number of nitrogens with one attached hydrogen (secondary N) is 2. The van der Waals surface area contributed by atoms with Gasteiger partial charge in [-0.1, -0.05) is 31.5 Å². The summed E-state index contributed by atoms with van der Waals surface area (Å²) in [4.78, 5) is 12.1. The van der Waals surface area contributed by atoms with Gasteiger partial charge in [0.05, 0.1) is 5.69 Å². The maximum absolute atomic E-state index is 12.1. The topological polar surface area (TPSA) is 61.4 Å². The molecule has 0 bridgehead atoms. The molecule has 1 unspecified atom stereocenters. The molecule has 21 heavy (non-hydrogen) atoms. The van der Waals surface area contributed by atoms with Crippen LogP contribution in [0.1, 0.15) is 44.7 Å². The minimum Gasteiger partial charge on any atom is -0.396 e. The molecule has 5 heteroatoms. The second-order valence-corrected chi connectivity index (χ2v) is 5.54. The highest BCUT2D eigenvalue weighted by molar-refractivity contribution is 6.31. The van der Waals surface area contributed by atoms with Crippen molar-refractivity contribution in [3.63, 3.8) is 0 Å². The van der Waals surface area contributed by atoms with Crippen molar-refractivity contribution in [1.82, 2.24) is 5.32 Å². The monoisotopic (exact) mass is 312 g/mol. The molecule has 1 rings (SSSR count). The van der Waals surface area contributed by atoms with Gasteiger partial charge in [-0.2, -0.15) is 0 Å². The quantitative estimate of drug-likeness (QED) is 0.718. The third-order valence-electron chi connectivity index (χ3n) is 3.49. The molecule has 0 saturated carbocycles. The van der Waals surface area contributed by atoms with Crippen molar-refractivity contribution in [2.45, 2.75) is 52.5 Å². The van der Waals surface area contributed by atoms with E-state index in [-0.39, 0.29) is 18.7 Å². The summed E-state index contributed by atoms with van der Waals surface area (Å²) in [5.74, 6) is 0. The van der Waals surface area contributed by atoms with E-state index < -0.39 is 0 Å². The van der Waals surface area contributed by atoms with Crippen LogP contribution >= 0.6 is 11.6 Å². The molecule has 0 aromatic heterocycles. The molecule has 0 radical (unpaired) electrons. The first-order valence-corrected chi connectivity index (χ1v) is 7.89. The van der Waals surface area contributed by atoms with E-state index in [0.29, 0.717) is 11.4 Å². The highest BCUT2D eigenvalue weighted by atomic mass is 35.5. The molecule has 0 saturated heterocycles. The van der Waals surface area contributed by atoms with E-state index in [1.54, 1.807) is 0 Å². The van der Waals surface area contributed by atoms with Gasteiger partial charge in [0.2, 0.25) is 0 Å². The van der Waals surface area contributed by atoms with E-state index >= 15 is 0 Å². The fraction of sp³-hybridized carbons (Fsp3) is 0.562. The molecule has 1 atom stereocenters. The van der Waals surface area contributed by atoms with Gasteiger partial charge < -0.3 is 15.7 Å². The van der Waals surface area contributed by atoms with E-state index in [4.69, 9.17) is 16.7 Å². The number of amides is 2. The van der Waals surface area contributed by atoms with E-state index in [9.17, 15) is 4.79 Å². The lowest BCUT2D eigenvalue weighted by molar-refractivity contribution is 0.245. The summed E-state index contributed by atoms with van der Waals surface area (Å²) in [5, 5.41) is 15.3. The average molecular weight is 313 g/mol. The highest BCUT2D eigenvalue weighted by Crippen LogP contribution is 2.29. The minimum absolute atomic E-state index is 0.0199. The molecule has 0 aliphatic rings. The zero-order valence-corrected chi connectivity index (χ0v) is 13.8. The summed E-state index contributed by atoms with van der Waals surface area (Å²) in [5.41, 5.74) is 2.86. The second-order valence-electron chi connectivity index (χ2n) is 5.13. The van der Waals surface area contributed by atoms with Crippen LogP contribution in [-0.2, 0) is 12.8 Å². The van der Waals surface area contributed by atoms with Crippen molar-refractivity contribution in [2.24, 2.45) is 0 Å². The van der Waals surface area contributed by atoms with Crippen LogP contribution in [0.4, 0.5) is 10.5 Å². The molecule has 3 N–H and O–H groups in total. The van der Waals surface area contributed by atoms with Crippen LogP contribution in [0.3, 0.4) is 0 Å². The van der Waals surface area contributed by atoms with Gasteiger partial charge in [0.1, 0.15) is 0 Å². The lowest BCUT2D eigenvalue weighted by Gasteiger charge is -2.18. The van der Waals surface area contributed by atoms with E-state index in [1.807, 2.05) is 26.0 Å². The minimum atomic E-state index is -0.230. The maximum Gasteiger partial charge on any atom is 0.319 e. The van der Waals surface area contributed by atoms with E-state index in [1.165, 1.54) is 0 Å². The predicted molar refractivity (Wildman–Crippen MR) is 88.1 cm³/mol. The Morgan fingerprint density at radius 3 is 2.62 bits per heavy atom. The van der Waals surface area contributed by atoms with Crippen LogP contribution in [0.25, 0.3) is 0 Å². The Labute approximate surface area is 131 Å². The van der Waals surface area contributed by atoms with Gasteiger partial charge in [-0.15, -0.1) is 0 Å². The SMILES string of the molecule is CCc1ccc(Cl)c(CC)c1NC(=O)NC(C)CCCO. The lowest BCUT2D eigenvalue weighted by atomic mass is 10.0. The van der Waals surface area contributed by atoms with Crippen LogP contribution in [0, 0.1) is 0 Å². The van der Waals surface area contributed by atoms with Crippen molar-refractivity contribution in [2.75, 3.05) is 11.9 Å². The Kier molecular flexibility index (Phi) is 7.54. The largest absolute Gasteiger partial charge is 0.396 e. The van der Waals surface area contributed by atoms with Crippen molar-refractivity contribution in [1.29, 1.82) is 0 Å². The van der Waals surface area contributed by atoms with Crippen LogP contribution in [0.5, 0.6) is 0 Å². The normalized spacial score (nSPS) is 12.0. The van der Waals surface area contributed by atoms with Crippen molar-refractivity contribution in [3.8, 4) is 0 Å². The van der Waals surface area contributed by atoms with Gasteiger partial charge in [0, 0.05) is 17.7 Å². The molecule has 4 nitrogen and oxygen atoms in total. The number of carbonyl (C=O) groups excluding carboxylic acids is 1. The summed E-state index contributed by atoms with van der Waals surface area (Å²) in [6.07, 6.45) is 3.03. The number of aliphatic hydroxyl groups is 1. The summed E-state index contributed by atoms with van der Waals surface area (Å²) in [6.45, 7) is 6.14. The van der Waals surface area contributed by atoms with Crippen LogP contribution in [0.15, 0.2) is 12.1 Å². The highest BCUT2D eigenvalue weighted by Gasteiger charge is 2.14. The number of anilines is 1. The van der Waals surface area contributed by atoms with Crippen molar-refractivity contribution < 1.29 is 9.90 Å². The molecular formula is C16H25ClN2O2. The summed E-state index contributed by atoms with van der Waals surface area (Å²) >= 11 is 6.22. The fourth-order valence-corrected chi connectivity index (χ4v) is 2.60. The standard InChI is InChI=1S/C16H25ClN2O2/c1-4-12-8-9-14(17)13(5-2)15(12)19-16(21)18-11(3)7-6-10-20/h8-9,11,20H,4-7,10H2,1-3H3,(H2,18,19,21). The number of benzene rings is 1. The molecule has 0 aliphatic heterocycles.